The van der Waals surface area contributed by atoms with Crippen molar-refractivity contribution in [3.8, 4) is 0 Å². The molecular formula is C11H21ClN2O2. The Bertz CT molecular complexity index is 230. The van der Waals surface area contributed by atoms with Gasteiger partial charge in [-0.15, -0.1) is 11.6 Å². The molecular weight excluding hydrogens is 228 g/mol. The lowest BCUT2D eigenvalue weighted by atomic mass is 10.3. The van der Waals surface area contributed by atoms with E-state index in [1.807, 2.05) is 13.8 Å². The topological polar surface area (TPSA) is 40.6 Å². The maximum Gasteiger partial charge on any atom is 0.242 e. The molecule has 0 fully saturated rings. The molecule has 0 aliphatic carbocycles. The molecule has 94 valence electrons. The molecule has 5 heteroatoms. The van der Waals surface area contributed by atoms with Gasteiger partial charge in [-0.3, -0.25) is 9.59 Å². The lowest BCUT2D eigenvalue weighted by Crippen LogP contribution is -2.40. The van der Waals surface area contributed by atoms with Crippen LogP contribution in [0.5, 0.6) is 0 Å². The van der Waals surface area contributed by atoms with Crippen molar-refractivity contribution in [2.45, 2.75) is 26.7 Å². The van der Waals surface area contributed by atoms with E-state index in [-0.39, 0.29) is 18.4 Å². The van der Waals surface area contributed by atoms with E-state index in [1.165, 1.54) is 4.90 Å². The molecule has 0 aliphatic rings. The van der Waals surface area contributed by atoms with Crippen molar-refractivity contribution in [2.24, 2.45) is 0 Å². The van der Waals surface area contributed by atoms with Gasteiger partial charge in [-0.25, -0.2) is 0 Å². The molecule has 4 nitrogen and oxygen atoms in total. The van der Waals surface area contributed by atoms with Gasteiger partial charge >= 0.3 is 0 Å². The lowest BCUT2D eigenvalue weighted by molar-refractivity contribution is -0.139. The van der Waals surface area contributed by atoms with Crippen LogP contribution < -0.4 is 0 Å². The number of nitrogens with zero attached hydrogens (tertiary/aromatic N) is 2. The van der Waals surface area contributed by atoms with Gasteiger partial charge in [-0.05, 0) is 20.3 Å². The molecule has 0 atom stereocenters. The maximum absolute atomic E-state index is 11.7. The largest absolute Gasteiger partial charge is 0.342 e. The summed E-state index contributed by atoms with van der Waals surface area (Å²) in [5.74, 6) is 0.441. The summed E-state index contributed by atoms with van der Waals surface area (Å²) in [6.45, 7) is 5.37. The number of carbonyl (C=O) groups excluding carboxylic acids is 2. The van der Waals surface area contributed by atoms with Gasteiger partial charge in [0.05, 0.1) is 6.54 Å². The highest BCUT2D eigenvalue weighted by Crippen LogP contribution is 1.99. The molecule has 0 aromatic heterocycles. The van der Waals surface area contributed by atoms with E-state index in [0.717, 1.165) is 0 Å². The Morgan fingerprint density at radius 1 is 1.12 bits per heavy atom. The number of halogens is 1. The normalized spacial score (nSPS) is 10.0. The van der Waals surface area contributed by atoms with Gasteiger partial charge in [0, 0.05) is 32.4 Å². The average molecular weight is 249 g/mol. The monoisotopic (exact) mass is 248 g/mol. The first-order valence-corrected chi connectivity index (χ1v) is 6.17. The van der Waals surface area contributed by atoms with Crippen molar-refractivity contribution >= 4 is 23.4 Å². The molecule has 0 aliphatic heterocycles. The summed E-state index contributed by atoms with van der Waals surface area (Å²) in [5, 5.41) is 0. The fourth-order valence-electron chi connectivity index (χ4n) is 1.38. The van der Waals surface area contributed by atoms with Crippen LogP contribution in [0, 0.1) is 0 Å². The van der Waals surface area contributed by atoms with Crippen LogP contribution in [0.1, 0.15) is 26.7 Å². The Kier molecular flexibility index (Phi) is 7.99. The highest BCUT2D eigenvalue weighted by Gasteiger charge is 2.15. The molecule has 16 heavy (non-hydrogen) atoms. The zero-order valence-corrected chi connectivity index (χ0v) is 11.1. The molecule has 0 aromatic carbocycles. The van der Waals surface area contributed by atoms with Gasteiger partial charge in [0.1, 0.15) is 0 Å². The molecule has 0 N–H and O–H groups in total. The fraction of sp³-hybridized carbons (Fsp3) is 0.818. The van der Waals surface area contributed by atoms with E-state index in [2.05, 4.69) is 0 Å². The molecule has 0 saturated carbocycles. The van der Waals surface area contributed by atoms with E-state index in [4.69, 9.17) is 11.6 Å². The van der Waals surface area contributed by atoms with Gasteiger partial charge in [-0.2, -0.15) is 0 Å². The second kappa shape index (κ2) is 8.39. The number of hydrogen-bond donors (Lipinski definition) is 0. The number of alkyl halides is 1. The van der Waals surface area contributed by atoms with Crippen LogP contribution in [0.2, 0.25) is 0 Å². The number of amides is 2. The van der Waals surface area contributed by atoms with Crippen LogP contribution in [0.3, 0.4) is 0 Å². The predicted molar refractivity (Wildman–Crippen MR) is 65.5 cm³/mol. The van der Waals surface area contributed by atoms with Gasteiger partial charge in [0.15, 0.2) is 0 Å². The predicted octanol–water partition coefficient (Wildman–Crippen LogP) is 1.33. The summed E-state index contributed by atoms with van der Waals surface area (Å²) in [7, 11) is 1.65. The van der Waals surface area contributed by atoms with Crippen LogP contribution in [-0.2, 0) is 9.59 Å². The summed E-state index contributed by atoms with van der Waals surface area (Å²) < 4.78 is 0. The Hall–Kier alpha value is -0.770. The number of likely N-dealkylation sites (N-methyl/N-ethyl adjacent to an activating group) is 2. The molecule has 0 unspecified atom stereocenters. The van der Waals surface area contributed by atoms with E-state index < -0.39 is 0 Å². The van der Waals surface area contributed by atoms with E-state index in [0.29, 0.717) is 31.8 Å². The van der Waals surface area contributed by atoms with Gasteiger partial charge in [-0.1, -0.05) is 0 Å². The minimum absolute atomic E-state index is 0.00766. The average Bonchev–Trinajstić information content (AvgIpc) is 2.27. The molecule has 0 spiro atoms. The number of carbonyl (C=O) groups is 2. The highest BCUT2D eigenvalue weighted by atomic mass is 35.5. The van der Waals surface area contributed by atoms with Crippen molar-refractivity contribution < 1.29 is 9.59 Å². The molecule has 0 heterocycles. The third-order valence-electron chi connectivity index (χ3n) is 2.44. The summed E-state index contributed by atoms with van der Waals surface area (Å²) in [4.78, 5) is 26.4. The minimum atomic E-state index is -0.0267. The van der Waals surface area contributed by atoms with Gasteiger partial charge in [0.2, 0.25) is 11.8 Å². The lowest BCUT2D eigenvalue weighted by Gasteiger charge is -2.23. The summed E-state index contributed by atoms with van der Waals surface area (Å²) in [6.07, 6.45) is 1.07. The van der Waals surface area contributed by atoms with E-state index in [9.17, 15) is 9.59 Å². The first kappa shape index (κ1) is 15.2. The standard InChI is InChI=1S/C11H21ClN2O2/c1-4-14(5-2)11(16)9-13(3)10(15)7-6-8-12/h4-9H2,1-3H3. The second-order valence-corrected chi connectivity index (χ2v) is 3.99. The van der Waals surface area contributed by atoms with E-state index >= 15 is 0 Å². The smallest absolute Gasteiger partial charge is 0.242 e. The van der Waals surface area contributed by atoms with Crippen molar-refractivity contribution in [3.63, 3.8) is 0 Å². The summed E-state index contributed by atoms with van der Waals surface area (Å²) >= 11 is 5.51. The van der Waals surface area contributed by atoms with Crippen LogP contribution in [-0.4, -0.2) is 54.2 Å². The first-order valence-electron chi connectivity index (χ1n) is 5.64. The Morgan fingerprint density at radius 2 is 1.69 bits per heavy atom. The molecule has 0 aromatic rings. The molecule has 0 saturated heterocycles. The quantitative estimate of drug-likeness (QED) is 0.638. The number of rotatable bonds is 7. The van der Waals surface area contributed by atoms with Crippen LogP contribution in [0.15, 0.2) is 0 Å². The van der Waals surface area contributed by atoms with Crippen molar-refractivity contribution in [1.29, 1.82) is 0 Å². The summed E-state index contributed by atoms with van der Waals surface area (Å²) in [6, 6.07) is 0. The van der Waals surface area contributed by atoms with Crippen LogP contribution in [0.4, 0.5) is 0 Å². The summed E-state index contributed by atoms with van der Waals surface area (Å²) in [5.41, 5.74) is 0. The SMILES string of the molecule is CCN(CC)C(=O)CN(C)C(=O)CCCCl. The molecule has 0 radical (unpaired) electrons. The molecule has 0 bridgehead atoms. The maximum atomic E-state index is 11.7. The Morgan fingerprint density at radius 3 is 2.12 bits per heavy atom. The molecule has 0 rings (SSSR count). The third-order valence-corrected chi connectivity index (χ3v) is 2.71. The highest BCUT2D eigenvalue weighted by molar-refractivity contribution is 6.17. The number of hydrogen-bond acceptors (Lipinski definition) is 2. The van der Waals surface area contributed by atoms with Crippen LogP contribution >= 0.6 is 11.6 Å². The fourth-order valence-corrected chi connectivity index (χ4v) is 1.51. The van der Waals surface area contributed by atoms with Crippen molar-refractivity contribution in [1.82, 2.24) is 9.80 Å². The second-order valence-electron chi connectivity index (χ2n) is 3.61. The minimum Gasteiger partial charge on any atom is -0.342 e. The van der Waals surface area contributed by atoms with Crippen molar-refractivity contribution in [2.75, 3.05) is 32.6 Å². The van der Waals surface area contributed by atoms with Gasteiger partial charge < -0.3 is 9.80 Å². The molecule has 2 amide bonds. The zero-order chi connectivity index (χ0) is 12.6. The Balaban J connectivity index is 4.07. The zero-order valence-electron chi connectivity index (χ0n) is 10.3. The Labute approximate surface area is 103 Å². The third kappa shape index (κ3) is 5.35. The van der Waals surface area contributed by atoms with E-state index in [1.54, 1.807) is 11.9 Å². The first-order chi connectivity index (χ1) is 7.56. The van der Waals surface area contributed by atoms with Crippen LogP contribution in [0.25, 0.3) is 0 Å². The van der Waals surface area contributed by atoms with Gasteiger partial charge in [0.25, 0.3) is 0 Å². The van der Waals surface area contributed by atoms with Crippen molar-refractivity contribution in [3.05, 3.63) is 0 Å².